The summed E-state index contributed by atoms with van der Waals surface area (Å²) in [7, 11) is 0. The molecule has 1 N–H and O–H groups in total. The number of H-pyrrole nitrogens is 1. The Labute approximate surface area is 111 Å². The Bertz CT molecular complexity index is 571. The van der Waals surface area contributed by atoms with Crippen LogP contribution in [0.2, 0.25) is 0 Å². The zero-order valence-corrected chi connectivity index (χ0v) is 12.0. The van der Waals surface area contributed by atoms with E-state index in [2.05, 4.69) is 28.4 Å². The second kappa shape index (κ2) is 5.23. The Kier molecular flexibility index (Phi) is 3.89. The molecule has 2 heterocycles. The van der Waals surface area contributed by atoms with Gasteiger partial charge in [0, 0.05) is 17.5 Å². The van der Waals surface area contributed by atoms with Crippen molar-refractivity contribution in [3.63, 3.8) is 0 Å². The van der Waals surface area contributed by atoms with Gasteiger partial charge < -0.3 is 4.98 Å². The van der Waals surface area contributed by atoms with Gasteiger partial charge in [0.25, 0.3) is 0 Å². The summed E-state index contributed by atoms with van der Waals surface area (Å²) < 4.78 is 2.89. The number of hydrogen-bond donors (Lipinski definition) is 1. The number of rotatable bonds is 4. The molecule has 0 aliphatic carbocycles. The van der Waals surface area contributed by atoms with Crippen molar-refractivity contribution in [3.05, 3.63) is 22.6 Å². The van der Waals surface area contributed by atoms with Crippen molar-refractivity contribution in [2.24, 2.45) is 0 Å². The number of fused-ring (bicyclic) bond motifs is 1. The minimum atomic E-state index is 0.371. The van der Waals surface area contributed by atoms with Gasteiger partial charge in [0.15, 0.2) is 10.4 Å². The molecule has 2 rings (SSSR count). The van der Waals surface area contributed by atoms with Crippen molar-refractivity contribution in [3.8, 4) is 0 Å². The lowest BCUT2D eigenvalue weighted by molar-refractivity contribution is 0.614. The molecule has 2 aromatic rings. The van der Waals surface area contributed by atoms with Crippen LogP contribution in [-0.4, -0.2) is 26.0 Å². The first-order valence-electron chi connectivity index (χ1n) is 5.79. The molecule has 0 bridgehead atoms. The number of hydrogen-bond acceptors (Lipinski definition) is 3. The standard InChI is InChI=1S/C12H17N3S2/c1-4-17-7-9(3)15-11-10(14-12(15)16)6-5-8(2)13-11/h5-6,9H,4,7H2,1-3H3,(H,14,16). The van der Waals surface area contributed by atoms with E-state index in [9.17, 15) is 0 Å². The van der Waals surface area contributed by atoms with Crippen LogP contribution in [0.4, 0.5) is 0 Å². The van der Waals surface area contributed by atoms with E-state index in [-0.39, 0.29) is 0 Å². The smallest absolute Gasteiger partial charge is 0.179 e. The molecule has 0 aliphatic rings. The SMILES string of the molecule is CCSCC(C)n1c(=S)[nH]c2ccc(C)nc21. The summed E-state index contributed by atoms with van der Waals surface area (Å²) in [6, 6.07) is 4.42. The zero-order valence-electron chi connectivity index (χ0n) is 10.4. The molecule has 92 valence electrons. The normalized spacial score (nSPS) is 13.1. The Morgan fingerprint density at radius 1 is 1.53 bits per heavy atom. The Balaban J connectivity index is 2.48. The number of thioether (sulfide) groups is 1. The number of nitrogens with zero attached hydrogens (tertiary/aromatic N) is 2. The van der Waals surface area contributed by atoms with E-state index in [4.69, 9.17) is 12.2 Å². The Morgan fingerprint density at radius 3 is 3.00 bits per heavy atom. The average molecular weight is 267 g/mol. The van der Waals surface area contributed by atoms with Gasteiger partial charge in [0.2, 0.25) is 0 Å². The lowest BCUT2D eigenvalue weighted by Gasteiger charge is -2.13. The first-order valence-corrected chi connectivity index (χ1v) is 7.35. The summed E-state index contributed by atoms with van der Waals surface area (Å²) in [4.78, 5) is 7.80. The predicted octanol–water partition coefficient (Wildman–Crippen LogP) is 3.72. The average Bonchev–Trinajstić information content (AvgIpc) is 2.61. The number of pyridine rings is 1. The lowest BCUT2D eigenvalue weighted by atomic mass is 10.3. The van der Waals surface area contributed by atoms with Gasteiger partial charge in [-0.2, -0.15) is 11.8 Å². The molecule has 3 nitrogen and oxygen atoms in total. The van der Waals surface area contributed by atoms with E-state index < -0.39 is 0 Å². The van der Waals surface area contributed by atoms with E-state index in [0.717, 1.165) is 33.1 Å². The van der Waals surface area contributed by atoms with E-state index in [1.165, 1.54) is 0 Å². The maximum atomic E-state index is 5.38. The van der Waals surface area contributed by atoms with E-state index in [1.54, 1.807) is 0 Å². The van der Waals surface area contributed by atoms with E-state index >= 15 is 0 Å². The highest BCUT2D eigenvalue weighted by Crippen LogP contribution is 2.20. The van der Waals surface area contributed by atoms with Gasteiger partial charge >= 0.3 is 0 Å². The molecule has 0 fully saturated rings. The molecule has 0 aromatic carbocycles. The molecule has 17 heavy (non-hydrogen) atoms. The Morgan fingerprint density at radius 2 is 2.29 bits per heavy atom. The van der Waals surface area contributed by atoms with Gasteiger partial charge in [-0.05, 0) is 44.0 Å². The van der Waals surface area contributed by atoms with Crippen molar-refractivity contribution in [1.29, 1.82) is 0 Å². The van der Waals surface area contributed by atoms with Gasteiger partial charge in [-0.25, -0.2) is 4.98 Å². The molecule has 2 aromatic heterocycles. The van der Waals surface area contributed by atoms with E-state index in [0.29, 0.717) is 6.04 Å². The monoisotopic (exact) mass is 267 g/mol. The third kappa shape index (κ3) is 2.55. The fourth-order valence-corrected chi connectivity index (χ4v) is 2.97. The largest absolute Gasteiger partial charge is 0.329 e. The molecule has 5 heteroatoms. The number of aromatic amines is 1. The van der Waals surface area contributed by atoms with Crippen LogP contribution in [-0.2, 0) is 0 Å². The zero-order chi connectivity index (χ0) is 12.4. The molecule has 0 radical (unpaired) electrons. The second-order valence-corrected chi connectivity index (χ2v) is 5.84. The number of aryl methyl sites for hydroxylation is 1. The second-order valence-electron chi connectivity index (χ2n) is 4.13. The minimum Gasteiger partial charge on any atom is -0.329 e. The molecule has 0 saturated heterocycles. The van der Waals surface area contributed by atoms with Gasteiger partial charge in [-0.1, -0.05) is 6.92 Å². The van der Waals surface area contributed by atoms with Crippen molar-refractivity contribution in [2.75, 3.05) is 11.5 Å². The maximum absolute atomic E-state index is 5.38. The summed E-state index contributed by atoms with van der Waals surface area (Å²) in [5, 5.41) is 0. The molecule has 0 aliphatic heterocycles. The summed E-state index contributed by atoms with van der Waals surface area (Å²) in [6.07, 6.45) is 0. The highest BCUT2D eigenvalue weighted by atomic mass is 32.2. The summed E-state index contributed by atoms with van der Waals surface area (Å²) in [6.45, 7) is 6.37. The summed E-state index contributed by atoms with van der Waals surface area (Å²) >= 11 is 7.31. The number of aromatic nitrogens is 3. The lowest BCUT2D eigenvalue weighted by Crippen LogP contribution is -2.09. The number of nitrogens with one attached hydrogen (secondary N) is 1. The molecule has 0 spiro atoms. The summed E-state index contributed by atoms with van der Waals surface area (Å²) in [5.41, 5.74) is 3.02. The predicted molar refractivity (Wildman–Crippen MR) is 77.4 cm³/mol. The van der Waals surface area contributed by atoms with Crippen molar-refractivity contribution < 1.29 is 0 Å². The third-order valence-electron chi connectivity index (χ3n) is 2.71. The summed E-state index contributed by atoms with van der Waals surface area (Å²) in [5.74, 6) is 2.19. The molecule has 0 saturated carbocycles. The number of imidazole rings is 1. The van der Waals surface area contributed by atoms with Gasteiger partial charge in [0.1, 0.15) is 0 Å². The fraction of sp³-hybridized carbons (Fsp3) is 0.500. The maximum Gasteiger partial charge on any atom is 0.179 e. The van der Waals surface area contributed by atoms with Crippen molar-refractivity contribution in [2.45, 2.75) is 26.8 Å². The fourth-order valence-electron chi connectivity index (χ4n) is 1.87. The molecule has 1 atom stereocenters. The van der Waals surface area contributed by atoms with Crippen LogP contribution in [0.25, 0.3) is 11.2 Å². The first kappa shape index (κ1) is 12.6. The van der Waals surface area contributed by atoms with Crippen LogP contribution in [0.3, 0.4) is 0 Å². The molecule has 0 amide bonds. The van der Waals surface area contributed by atoms with Crippen LogP contribution in [0.1, 0.15) is 25.6 Å². The third-order valence-corrected chi connectivity index (χ3v) is 4.13. The molecular formula is C12H17N3S2. The van der Waals surface area contributed by atoms with Crippen LogP contribution < -0.4 is 0 Å². The highest BCUT2D eigenvalue weighted by molar-refractivity contribution is 7.99. The molecule has 1 unspecified atom stereocenters. The minimum absolute atomic E-state index is 0.371. The van der Waals surface area contributed by atoms with Gasteiger partial charge in [-0.15, -0.1) is 0 Å². The highest BCUT2D eigenvalue weighted by Gasteiger charge is 2.12. The van der Waals surface area contributed by atoms with Crippen molar-refractivity contribution in [1.82, 2.24) is 14.5 Å². The Hall–Kier alpha value is -0.810. The van der Waals surface area contributed by atoms with E-state index in [1.807, 2.05) is 30.8 Å². The van der Waals surface area contributed by atoms with Crippen LogP contribution in [0, 0.1) is 11.7 Å². The van der Waals surface area contributed by atoms with Crippen LogP contribution in [0.15, 0.2) is 12.1 Å². The topological polar surface area (TPSA) is 33.6 Å². The van der Waals surface area contributed by atoms with Crippen LogP contribution in [0.5, 0.6) is 0 Å². The van der Waals surface area contributed by atoms with Crippen molar-refractivity contribution >= 4 is 35.1 Å². The first-order chi connectivity index (χ1) is 8.13. The van der Waals surface area contributed by atoms with Gasteiger partial charge in [-0.3, -0.25) is 4.57 Å². The van der Waals surface area contributed by atoms with Crippen LogP contribution >= 0.6 is 24.0 Å². The van der Waals surface area contributed by atoms with Gasteiger partial charge in [0.05, 0.1) is 5.52 Å². The molecular weight excluding hydrogens is 250 g/mol. The quantitative estimate of drug-likeness (QED) is 0.857.